The van der Waals surface area contributed by atoms with Gasteiger partial charge in [-0.1, -0.05) is 12.1 Å². The number of benzene rings is 1. The van der Waals surface area contributed by atoms with E-state index in [1.54, 1.807) is 6.07 Å². The van der Waals surface area contributed by atoms with E-state index in [4.69, 9.17) is 5.14 Å². The maximum Gasteiger partial charge on any atom is 0.259 e. The molecule has 1 aromatic carbocycles. The molecular formula is C11H10N4O3S. The molecule has 1 aromatic heterocycles. The van der Waals surface area contributed by atoms with Crippen molar-refractivity contribution in [1.29, 1.82) is 0 Å². The number of nitrogens with one attached hydrogen (secondary N) is 1. The average Bonchev–Trinajstić information content (AvgIpc) is 2.39. The van der Waals surface area contributed by atoms with Crippen molar-refractivity contribution < 1.29 is 13.2 Å². The fourth-order valence-electron chi connectivity index (χ4n) is 1.43. The van der Waals surface area contributed by atoms with Gasteiger partial charge in [0.25, 0.3) is 5.91 Å². The van der Waals surface area contributed by atoms with Crippen LogP contribution in [0.2, 0.25) is 0 Å². The molecule has 0 unspecified atom stereocenters. The van der Waals surface area contributed by atoms with Crippen LogP contribution < -0.4 is 10.5 Å². The first kappa shape index (κ1) is 13.1. The molecule has 0 atom stereocenters. The van der Waals surface area contributed by atoms with E-state index in [9.17, 15) is 13.2 Å². The highest BCUT2D eigenvalue weighted by atomic mass is 32.2. The van der Waals surface area contributed by atoms with Crippen LogP contribution in [0, 0.1) is 0 Å². The smallest absolute Gasteiger partial charge is 0.259 e. The van der Waals surface area contributed by atoms with Gasteiger partial charge in [0.05, 0.1) is 10.5 Å². The number of sulfonamides is 1. The Labute approximate surface area is 109 Å². The minimum absolute atomic E-state index is 0.0579. The van der Waals surface area contributed by atoms with Crippen LogP contribution in [-0.2, 0) is 10.0 Å². The lowest BCUT2D eigenvalue weighted by Gasteiger charge is -2.07. The number of hydrogen-bond donors (Lipinski definition) is 2. The molecule has 0 aliphatic heterocycles. The molecule has 0 radical (unpaired) electrons. The van der Waals surface area contributed by atoms with Gasteiger partial charge >= 0.3 is 0 Å². The van der Waals surface area contributed by atoms with Crippen LogP contribution >= 0.6 is 0 Å². The number of aromatic nitrogens is 2. The van der Waals surface area contributed by atoms with E-state index in [0.29, 0.717) is 0 Å². The van der Waals surface area contributed by atoms with Crippen molar-refractivity contribution in [2.24, 2.45) is 5.14 Å². The van der Waals surface area contributed by atoms with Gasteiger partial charge in [-0.2, -0.15) is 0 Å². The zero-order valence-electron chi connectivity index (χ0n) is 9.65. The van der Waals surface area contributed by atoms with E-state index < -0.39 is 15.9 Å². The van der Waals surface area contributed by atoms with Crippen LogP contribution in [0.1, 0.15) is 10.4 Å². The number of primary sulfonamides is 1. The van der Waals surface area contributed by atoms with Crippen molar-refractivity contribution in [3.63, 3.8) is 0 Å². The van der Waals surface area contributed by atoms with Crippen molar-refractivity contribution in [2.45, 2.75) is 4.90 Å². The monoisotopic (exact) mass is 278 g/mol. The second kappa shape index (κ2) is 5.12. The molecule has 98 valence electrons. The van der Waals surface area contributed by atoms with E-state index in [0.717, 1.165) is 0 Å². The Kier molecular flexibility index (Phi) is 3.54. The molecule has 1 heterocycles. The zero-order chi connectivity index (χ0) is 13.9. The molecule has 2 rings (SSSR count). The first-order chi connectivity index (χ1) is 8.98. The third kappa shape index (κ3) is 3.12. The zero-order valence-corrected chi connectivity index (χ0v) is 10.5. The maximum absolute atomic E-state index is 12.0. The Morgan fingerprint density at radius 1 is 1.11 bits per heavy atom. The lowest BCUT2D eigenvalue weighted by atomic mass is 10.2. The minimum Gasteiger partial charge on any atom is -0.290 e. The number of nitrogens with two attached hydrogens (primary N) is 1. The van der Waals surface area contributed by atoms with Gasteiger partial charge < -0.3 is 0 Å². The van der Waals surface area contributed by atoms with Gasteiger partial charge in [0, 0.05) is 12.4 Å². The van der Waals surface area contributed by atoms with Gasteiger partial charge in [-0.3, -0.25) is 10.1 Å². The largest absolute Gasteiger partial charge is 0.290 e. The van der Waals surface area contributed by atoms with Crippen molar-refractivity contribution in [3.8, 4) is 0 Å². The molecule has 0 aliphatic rings. The van der Waals surface area contributed by atoms with Crippen LogP contribution in [-0.4, -0.2) is 24.3 Å². The summed E-state index contributed by atoms with van der Waals surface area (Å²) in [6.45, 7) is 0. The summed E-state index contributed by atoms with van der Waals surface area (Å²) in [5, 5.41) is 7.44. The standard InChI is InChI=1S/C11H10N4O3S/c12-19(17,18)9-5-2-1-4-8(9)10(16)15-11-13-6-3-7-14-11/h1-7H,(H2,12,17,18)(H,13,14,15,16). The number of rotatable bonds is 3. The summed E-state index contributed by atoms with van der Waals surface area (Å²) in [4.78, 5) is 19.3. The van der Waals surface area contributed by atoms with Gasteiger partial charge in [-0.25, -0.2) is 23.5 Å². The highest BCUT2D eigenvalue weighted by Gasteiger charge is 2.19. The third-order valence-corrected chi connectivity index (χ3v) is 3.20. The Morgan fingerprint density at radius 3 is 2.37 bits per heavy atom. The summed E-state index contributed by atoms with van der Waals surface area (Å²) in [6, 6.07) is 7.23. The molecule has 7 nitrogen and oxygen atoms in total. The lowest BCUT2D eigenvalue weighted by molar-refractivity contribution is 0.102. The van der Waals surface area contributed by atoms with Gasteiger partial charge in [-0.15, -0.1) is 0 Å². The van der Waals surface area contributed by atoms with Crippen LogP contribution in [0.25, 0.3) is 0 Å². The quantitative estimate of drug-likeness (QED) is 0.842. The number of anilines is 1. The first-order valence-electron chi connectivity index (χ1n) is 5.18. The van der Waals surface area contributed by atoms with Crippen molar-refractivity contribution in [1.82, 2.24) is 9.97 Å². The Hall–Kier alpha value is -2.32. The molecule has 19 heavy (non-hydrogen) atoms. The summed E-state index contributed by atoms with van der Waals surface area (Å²) in [5.41, 5.74) is -0.0579. The first-order valence-corrected chi connectivity index (χ1v) is 6.73. The highest BCUT2D eigenvalue weighted by molar-refractivity contribution is 7.89. The van der Waals surface area contributed by atoms with Crippen molar-refractivity contribution in [3.05, 3.63) is 48.3 Å². The van der Waals surface area contributed by atoms with E-state index in [-0.39, 0.29) is 16.4 Å². The predicted molar refractivity (Wildman–Crippen MR) is 67.8 cm³/mol. The number of carbonyl (C=O) groups is 1. The average molecular weight is 278 g/mol. The third-order valence-electron chi connectivity index (χ3n) is 2.23. The van der Waals surface area contributed by atoms with E-state index in [1.807, 2.05) is 0 Å². The van der Waals surface area contributed by atoms with Gasteiger partial charge in [0.2, 0.25) is 16.0 Å². The SMILES string of the molecule is NS(=O)(=O)c1ccccc1C(=O)Nc1ncccn1. The van der Waals surface area contributed by atoms with Gasteiger partial charge in [-0.05, 0) is 18.2 Å². The summed E-state index contributed by atoms with van der Waals surface area (Å²) in [5.74, 6) is -0.562. The Balaban J connectivity index is 2.35. The van der Waals surface area contributed by atoms with Crippen molar-refractivity contribution in [2.75, 3.05) is 5.32 Å². The molecular weight excluding hydrogens is 268 g/mol. The second-order valence-electron chi connectivity index (χ2n) is 3.57. The molecule has 0 saturated carbocycles. The Morgan fingerprint density at radius 2 is 1.74 bits per heavy atom. The molecule has 0 saturated heterocycles. The van der Waals surface area contributed by atoms with Gasteiger partial charge in [0.1, 0.15) is 0 Å². The molecule has 0 bridgehead atoms. The van der Waals surface area contributed by atoms with E-state index in [2.05, 4.69) is 15.3 Å². The van der Waals surface area contributed by atoms with Crippen molar-refractivity contribution >= 4 is 21.9 Å². The summed E-state index contributed by atoms with van der Waals surface area (Å²) < 4.78 is 22.8. The summed E-state index contributed by atoms with van der Waals surface area (Å²) in [6.07, 6.45) is 2.91. The molecule has 0 spiro atoms. The Bertz CT molecular complexity index is 701. The number of hydrogen-bond acceptors (Lipinski definition) is 5. The van der Waals surface area contributed by atoms with E-state index in [1.165, 1.54) is 36.7 Å². The van der Waals surface area contributed by atoms with Crippen LogP contribution in [0.5, 0.6) is 0 Å². The molecule has 2 aromatic rings. The number of nitrogens with zero attached hydrogens (tertiary/aromatic N) is 2. The van der Waals surface area contributed by atoms with Gasteiger partial charge in [0.15, 0.2) is 0 Å². The number of carbonyl (C=O) groups excluding carboxylic acids is 1. The van der Waals surface area contributed by atoms with Crippen LogP contribution in [0.15, 0.2) is 47.6 Å². The summed E-state index contributed by atoms with van der Waals surface area (Å²) in [7, 11) is -3.97. The summed E-state index contributed by atoms with van der Waals surface area (Å²) >= 11 is 0. The number of amides is 1. The molecule has 3 N–H and O–H groups in total. The fraction of sp³-hybridized carbons (Fsp3) is 0. The maximum atomic E-state index is 12.0. The fourth-order valence-corrected chi connectivity index (χ4v) is 2.17. The topological polar surface area (TPSA) is 115 Å². The molecule has 1 amide bonds. The predicted octanol–water partition coefficient (Wildman–Crippen LogP) is 0.376. The normalized spacial score (nSPS) is 11.0. The van der Waals surface area contributed by atoms with Crippen LogP contribution in [0.4, 0.5) is 5.95 Å². The lowest BCUT2D eigenvalue weighted by Crippen LogP contribution is -2.21. The highest BCUT2D eigenvalue weighted by Crippen LogP contribution is 2.14. The molecule has 0 aliphatic carbocycles. The van der Waals surface area contributed by atoms with Crippen LogP contribution in [0.3, 0.4) is 0 Å². The molecule has 8 heteroatoms. The minimum atomic E-state index is -3.97. The van der Waals surface area contributed by atoms with E-state index >= 15 is 0 Å². The molecule has 0 fully saturated rings. The second-order valence-corrected chi connectivity index (χ2v) is 5.10.